The molecule has 2 nitrogen and oxygen atoms in total. The molecule has 0 unspecified atom stereocenters. The predicted molar refractivity (Wildman–Crippen MR) is 22.5 cm³/mol. The summed E-state index contributed by atoms with van der Waals surface area (Å²) in [4.78, 5) is 3.62. The van der Waals surface area contributed by atoms with E-state index in [0.717, 1.165) is 0 Å². The zero-order valence-corrected chi connectivity index (χ0v) is 3.22. The van der Waals surface area contributed by atoms with Gasteiger partial charge in [-0.2, -0.15) is 0 Å². The monoisotopic (exact) mass is 82.0 g/mol. The molecule has 0 aliphatic carbocycles. The van der Waals surface area contributed by atoms with Crippen molar-refractivity contribution in [3.05, 3.63) is 12.5 Å². The molecule has 2 heteroatoms. The fourth-order valence-corrected chi connectivity index (χ4v) is 0.249. The van der Waals surface area contributed by atoms with Crippen LogP contribution < -0.4 is 0 Å². The molecule has 0 aromatic carbocycles. The van der Waals surface area contributed by atoms with E-state index in [1.54, 1.807) is 6.20 Å². The number of hydrogen-bond donors (Lipinski definition) is 0. The van der Waals surface area contributed by atoms with E-state index in [1.165, 1.54) is 6.26 Å². The summed E-state index contributed by atoms with van der Waals surface area (Å²) in [5.41, 5.74) is 0. The fourth-order valence-electron chi connectivity index (χ4n) is 0.249. The molecule has 0 amide bonds. The van der Waals surface area contributed by atoms with Gasteiger partial charge in [-0.05, 0) is 0 Å². The summed E-state index contributed by atoms with van der Waals surface area (Å²) in [6.07, 6.45) is 5.70. The van der Waals surface area contributed by atoms with Crippen molar-refractivity contribution in [1.29, 1.82) is 0 Å². The summed E-state index contributed by atoms with van der Waals surface area (Å²) in [7, 11) is 0. The third-order valence-corrected chi connectivity index (χ3v) is 0.471. The molecular formula is C4H4NO. The molecular weight excluding hydrogens is 78.0 g/mol. The van der Waals surface area contributed by atoms with Gasteiger partial charge in [0.05, 0.1) is 6.20 Å². The number of hydrogen-bond acceptors (Lipinski definition) is 2. The first-order valence-electron chi connectivity index (χ1n) is 1.69. The Morgan fingerprint density at radius 1 is 1.83 bits per heavy atom. The Morgan fingerprint density at radius 3 is 3.00 bits per heavy atom. The second-order valence-electron chi connectivity index (χ2n) is 0.883. The van der Waals surface area contributed by atoms with Crippen molar-refractivity contribution >= 4 is 6.21 Å². The molecule has 0 aromatic heterocycles. The maximum absolute atomic E-state index is 4.68. The van der Waals surface area contributed by atoms with E-state index in [0.29, 0.717) is 6.61 Å². The molecule has 6 heavy (non-hydrogen) atoms. The average Bonchev–Trinajstić information content (AvgIpc) is 1.72. The van der Waals surface area contributed by atoms with Gasteiger partial charge in [0.25, 0.3) is 0 Å². The molecule has 0 bridgehead atoms. The lowest BCUT2D eigenvalue weighted by Crippen LogP contribution is -1.90. The molecule has 0 spiro atoms. The van der Waals surface area contributed by atoms with Crippen LogP contribution >= 0.6 is 0 Å². The summed E-state index contributed by atoms with van der Waals surface area (Å²) < 4.78 is 4.68. The minimum atomic E-state index is 0.497. The zero-order valence-electron chi connectivity index (χ0n) is 3.22. The third kappa shape index (κ3) is 0.578. The van der Waals surface area contributed by atoms with Crippen molar-refractivity contribution in [3.8, 4) is 0 Å². The van der Waals surface area contributed by atoms with Crippen LogP contribution in [0.4, 0.5) is 0 Å². The van der Waals surface area contributed by atoms with E-state index in [1.807, 2.05) is 0 Å². The van der Waals surface area contributed by atoms with Crippen molar-refractivity contribution in [3.63, 3.8) is 0 Å². The van der Waals surface area contributed by atoms with Gasteiger partial charge >= 0.3 is 0 Å². The zero-order chi connectivity index (χ0) is 4.24. The van der Waals surface area contributed by atoms with E-state index >= 15 is 0 Å². The smallest absolute Gasteiger partial charge is 0.131 e. The lowest BCUT2D eigenvalue weighted by atomic mass is 10.7. The topological polar surface area (TPSA) is 21.6 Å². The van der Waals surface area contributed by atoms with E-state index in [2.05, 4.69) is 15.9 Å². The fraction of sp³-hybridized carbons (Fsp3) is 0.250. The summed E-state index contributed by atoms with van der Waals surface area (Å²) in [5, 5.41) is 0. The second-order valence-corrected chi connectivity index (χ2v) is 0.883. The molecule has 31 valence electrons. The molecule has 0 saturated carbocycles. The van der Waals surface area contributed by atoms with Crippen molar-refractivity contribution < 1.29 is 4.74 Å². The quantitative estimate of drug-likeness (QED) is 0.415. The summed E-state index contributed by atoms with van der Waals surface area (Å²) in [5.74, 6) is 0. The first-order chi connectivity index (χ1) is 3.00. The van der Waals surface area contributed by atoms with Crippen LogP contribution in [-0.2, 0) is 4.74 Å². The van der Waals surface area contributed by atoms with Crippen molar-refractivity contribution in [2.24, 2.45) is 4.99 Å². The van der Waals surface area contributed by atoms with Crippen LogP contribution in [0.2, 0.25) is 0 Å². The molecule has 1 rings (SSSR count). The SMILES string of the molecule is [C]1=NC=COC1. The Balaban J connectivity index is 2.46. The summed E-state index contributed by atoms with van der Waals surface area (Å²) in [6, 6.07) is 0. The van der Waals surface area contributed by atoms with E-state index in [4.69, 9.17) is 0 Å². The van der Waals surface area contributed by atoms with Crippen molar-refractivity contribution in [1.82, 2.24) is 0 Å². The van der Waals surface area contributed by atoms with Gasteiger partial charge in [0.15, 0.2) is 0 Å². The first-order valence-corrected chi connectivity index (χ1v) is 1.69. The minimum Gasteiger partial charge on any atom is -0.493 e. The van der Waals surface area contributed by atoms with Gasteiger partial charge in [-0.3, -0.25) is 4.99 Å². The maximum atomic E-state index is 4.68. The van der Waals surface area contributed by atoms with Crippen LogP contribution in [-0.4, -0.2) is 12.8 Å². The minimum absolute atomic E-state index is 0.497. The average molecular weight is 82.1 g/mol. The molecule has 0 fully saturated rings. The Kier molecular flexibility index (Phi) is 0.906. The van der Waals surface area contributed by atoms with Gasteiger partial charge in [-0.1, -0.05) is 0 Å². The molecule has 1 aliphatic heterocycles. The van der Waals surface area contributed by atoms with E-state index in [9.17, 15) is 0 Å². The van der Waals surface area contributed by atoms with E-state index < -0.39 is 0 Å². The number of nitrogens with zero attached hydrogens (tertiary/aromatic N) is 1. The lowest BCUT2D eigenvalue weighted by Gasteiger charge is -1.93. The molecule has 0 aromatic rings. The van der Waals surface area contributed by atoms with Crippen LogP contribution in [0.5, 0.6) is 0 Å². The highest BCUT2D eigenvalue weighted by molar-refractivity contribution is 5.60. The molecule has 1 radical (unpaired) electrons. The highest BCUT2D eigenvalue weighted by Gasteiger charge is 1.78. The number of aliphatic imine (C=N–C) groups is 1. The largest absolute Gasteiger partial charge is 0.493 e. The Labute approximate surface area is 36.1 Å². The van der Waals surface area contributed by atoms with Gasteiger partial charge in [0.1, 0.15) is 19.1 Å². The maximum Gasteiger partial charge on any atom is 0.131 e. The highest BCUT2D eigenvalue weighted by atomic mass is 16.5. The summed E-state index contributed by atoms with van der Waals surface area (Å²) >= 11 is 0. The molecule has 1 heterocycles. The normalized spacial score (nSPS) is 17.3. The van der Waals surface area contributed by atoms with Crippen LogP contribution in [0.25, 0.3) is 0 Å². The molecule has 0 N–H and O–H groups in total. The van der Waals surface area contributed by atoms with Crippen molar-refractivity contribution in [2.75, 3.05) is 6.61 Å². The van der Waals surface area contributed by atoms with Crippen molar-refractivity contribution in [2.45, 2.75) is 0 Å². The summed E-state index contributed by atoms with van der Waals surface area (Å²) in [6.45, 7) is 0.497. The van der Waals surface area contributed by atoms with Gasteiger partial charge in [-0.25, -0.2) is 0 Å². The molecule has 0 atom stereocenters. The van der Waals surface area contributed by atoms with Crippen LogP contribution in [0, 0.1) is 0 Å². The third-order valence-electron chi connectivity index (χ3n) is 0.471. The standard InChI is InChI=1S/C4H4NO/c1-3-6-4-2-5-1/h1,3H,4H2. The van der Waals surface area contributed by atoms with Crippen LogP contribution in [0.3, 0.4) is 0 Å². The Hall–Kier alpha value is -0.790. The molecule has 1 aliphatic rings. The van der Waals surface area contributed by atoms with Crippen LogP contribution in [0.15, 0.2) is 17.5 Å². The first kappa shape index (κ1) is 3.40. The van der Waals surface area contributed by atoms with Crippen LogP contribution in [0.1, 0.15) is 0 Å². The Morgan fingerprint density at radius 2 is 2.83 bits per heavy atom. The number of rotatable bonds is 0. The predicted octanol–water partition coefficient (Wildman–Crippen LogP) is 0.436. The lowest BCUT2D eigenvalue weighted by molar-refractivity contribution is 0.300. The van der Waals surface area contributed by atoms with Gasteiger partial charge < -0.3 is 4.74 Å². The van der Waals surface area contributed by atoms with Gasteiger partial charge in [0, 0.05) is 0 Å². The Bertz CT molecular complexity index is 73.5. The molecule has 0 saturated heterocycles. The van der Waals surface area contributed by atoms with Gasteiger partial charge in [-0.15, -0.1) is 0 Å². The second kappa shape index (κ2) is 1.60. The van der Waals surface area contributed by atoms with Gasteiger partial charge in [0.2, 0.25) is 0 Å². The van der Waals surface area contributed by atoms with E-state index in [-0.39, 0.29) is 0 Å². The highest BCUT2D eigenvalue weighted by Crippen LogP contribution is 1.82. The number of ether oxygens (including phenoxy) is 1.